The number of aliphatic hydroxyl groups is 4. The molecule has 1 spiro atoms. The molecule has 0 heterocycles. The molecule has 2 fully saturated rings. The molecule has 1 aromatic carbocycles. The number of nitrogens with one attached hydrogen (secondary N) is 2. The fourth-order valence-corrected chi connectivity index (χ4v) is 8.93. The van der Waals surface area contributed by atoms with E-state index in [1.165, 1.54) is 5.57 Å². The Balaban J connectivity index is 1.91. The van der Waals surface area contributed by atoms with Crippen molar-refractivity contribution in [2.24, 2.45) is 17.3 Å². The van der Waals surface area contributed by atoms with E-state index in [0.29, 0.717) is 75.9 Å². The van der Waals surface area contributed by atoms with Crippen molar-refractivity contribution in [1.29, 1.82) is 0 Å². The van der Waals surface area contributed by atoms with E-state index in [1.54, 1.807) is 7.11 Å². The van der Waals surface area contributed by atoms with E-state index < -0.39 is 29.1 Å². The second-order valence-electron chi connectivity index (χ2n) is 15.6. The number of aldehydes is 1. The zero-order valence-corrected chi connectivity index (χ0v) is 33.3. The number of methoxy groups -OCH3 is 1. The van der Waals surface area contributed by atoms with Gasteiger partial charge in [-0.15, -0.1) is 0 Å². The average Bonchev–Trinajstić information content (AvgIpc) is 3.50. The van der Waals surface area contributed by atoms with Crippen molar-refractivity contribution in [3.05, 3.63) is 94.6 Å². The van der Waals surface area contributed by atoms with Crippen molar-refractivity contribution in [1.82, 2.24) is 10.6 Å². The summed E-state index contributed by atoms with van der Waals surface area (Å²) in [5.74, 6) is -0.662. The van der Waals surface area contributed by atoms with E-state index in [0.717, 1.165) is 61.0 Å². The summed E-state index contributed by atoms with van der Waals surface area (Å²) < 4.78 is 5.18. The Morgan fingerprint density at radius 3 is 2.60 bits per heavy atom. The minimum Gasteiger partial charge on any atom is -0.396 e. The van der Waals surface area contributed by atoms with Crippen LogP contribution >= 0.6 is 0 Å². The maximum atomic E-state index is 12.7. The van der Waals surface area contributed by atoms with Gasteiger partial charge in [-0.25, -0.2) is 0 Å². The SMILES string of the molecule is C=C(C=CC=C([C@H](O)CCc1ccccc1)[C@H]1CC[C@]2([C@@H]1O)[C@@H](CCCO)C(=C(C)C=O)CC[C@]2(O)CCNC)CCC=C(C)CN[C@H](C)CCOC. The number of benzene rings is 1. The molecule has 3 rings (SSSR count). The van der Waals surface area contributed by atoms with Gasteiger partial charge in [-0.3, -0.25) is 4.79 Å². The average molecular weight is 735 g/mol. The van der Waals surface area contributed by atoms with Crippen LogP contribution in [-0.4, -0.2) is 91.0 Å². The molecule has 7 atom stereocenters. The number of rotatable bonds is 23. The van der Waals surface area contributed by atoms with E-state index in [2.05, 4.69) is 49.3 Å². The summed E-state index contributed by atoms with van der Waals surface area (Å²) >= 11 is 0. The Bertz CT molecular complexity index is 1400. The highest BCUT2D eigenvalue weighted by Gasteiger charge is 2.65. The summed E-state index contributed by atoms with van der Waals surface area (Å²) in [6.45, 7) is 12.6. The number of aliphatic hydroxyl groups excluding tert-OH is 3. The highest BCUT2D eigenvalue weighted by molar-refractivity contribution is 5.74. The Kier molecular flexibility index (Phi) is 19.1. The number of ether oxygens (including phenoxy) is 1. The first-order chi connectivity index (χ1) is 25.5. The predicted octanol–water partition coefficient (Wildman–Crippen LogP) is 6.56. The molecule has 0 saturated heterocycles. The Morgan fingerprint density at radius 2 is 1.92 bits per heavy atom. The molecule has 0 aromatic heterocycles. The fraction of sp³-hybridized carbons (Fsp3) is 0.622. The lowest BCUT2D eigenvalue weighted by Gasteiger charge is -2.57. The normalized spacial score (nSPS) is 27.4. The van der Waals surface area contributed by atoms with E-state index >= 15 is 0 Å². The van der Waals surface area contributed by atoms with Crippen molar-refractivity contribution in [2.45, 2.75) is 122 Å². The van der Waals surface area contributed by atoms with Gasteiger partial charge in [0.05, 0.1) is 17.8 Å². The lowest BCUT2D eigenvalue weighted by atomic mass is 9.51. The molecule has 53 heavy (non-hydrogen) atoms. The second kappa shape index (κ2) is 22.6. The van der Waals surface area contributed by atoms with Crippen LogP contribution in [0.5, 0.6) is 0 Å². The molecule has 0 unspecified atom stereocenters. The lowest BCUT2D eigenvalue weighted by molar-refractivity contribution is -0.181. The summed E-state index contributed by atoms with van der Waals surface area (Å²) in [4.78, 5) is 12.1. The summed E-state index contributed by atoms with van der Waals surface area (Å²) in [5.41, 5.74) is 3.67. The zero-order chi connectivity index (χ0) is 38.9. The lowest BCUT2D eigenvalue weighted by Crippen LogP contribution is -2.61. The molecule has 2 aliphatic carbocycles. The van der Waals surface area contributed by atoms with Gasteiger partial charge in [0, 0.05) is 44.2 Å². The van der Waals surface area contributed by atoms with Crippen LogP contribution in [0.2, 0.25) is 0 Å². The Labute approximate surface area is 320 Å². The molecule has 2 saturated carbocycles. The molecular weight excluding hydrogens is 665 g/mol. The Morgan fingerprint density at radius 1 is 1.17 bits per heavy atom. The zero-order valence-electron chi connectivity index (χ0n) is 33.3. The van der Waals surface area contributed by atoms with E-state index in [9.17, 15) is 25.2 Å². The van der Waals surface area contributed by atoms with Gasteiger partial charge in [0.2, 0.25) is 0 Å². The molecule has 0 radical (unpaired) electrons. The molecule has 0 aliphatic heterocycles. The maximum Gasteiger partial charge on any atom is 0.145 e. The molecule has 0 amide bonds. The minimum absolute atomic E-state index is 0.00711. The smallest absolute Gasteiger partial charge is 0.145 e. The predicted molar refractivity (Wildman–Crippen MR) is 217 cm³/mol. The largest absolute Gasteiger partial charge is 0.396 e. The molecule has 6 N–H and O–H groups in total. The van der Waals surface area contributed by atoms with Gasteiger partial charge in [-0.2, -0.15) is 0 Å². The number of allylic oxidation sites excluding steroid dienone is 7. The van der Waals surface area contributed by atoms with E-state index in [4.69, 9.17) is 4.74 Å². The summed E-state index contributed by atoms with van der Waals surface area (Å²) in [6.07, 6.45) is 14.8. The number of carbonyl (C=O) groups excluding carboxylic acids is 1. The van der Waals surface area contributed by atoms with Crippen molar-refractivity contribution in [2.75, 3.05) is 40.5 Å². The van der Waals surface area contributed by atoms with Crippen molar-refractivity contribution in [3.8, 4) is 0 Å². The Hall–Kier alpha value is -2.69. The van der Waals surface area contributed by atoms with Crippen LogP contribution in [0.15, 0.2) is 89.1 Å². The molecule has 2 aliphatic rings. The van der Waals surface area contributed by atoms with Crippen LogP contribution in [0.1, 0.15) is 97.0 Å². The standard InChI is InChI=1S/C45H70N2O6/c1-33(13-10-15-34(2)31-47-36(4)24-30-53-6)14-11-18-39(42(50)21-20-37-16-8-7-9-17-37)40-23-26-45(43(40)51)41(19-12-29-48)38(35(3)32-49)22-25-44(45,52)27-28-46-5/h7-9,11,14-18,32,36,40-43,46-48,50-52H,1,10,12-13,19-31H2,2-6H3/t36-,40-,41+,42-,43-,44+,45-/m1/s1. The number of aryl methyl sites for hydroxylation is 1. The number of hydrogen-bond donors (Lipinski definition) is 6. The monoisotopic (exact) mass is 735 g/mol. The topological polar surface area (TPSA) is 131 Å². The van der Waals surface area contributed by atoms with Gasteiger partial charge in [0.25, 0.3) is 0 Å². The van der Waals surface area contributed by atoms with Gasteiger partial charge in [-0.05, 0) is 134 Å². The summed E-state index contributed by atoms with van der Waals surface area (Å²) in [6, 6.07) is 10.5. The highest BCUT2D eigenvalue weighted by atomic mass is 16.5. The first-order valence-corrected chi connectivity index (χ1v) is 19.9. The van der Waals surface area contributed by atoms with E-state index in [-0.39, 0.29) is 12.5 Å². The number of carbonyl (C=O) groups is 1. The van der Waals surface area contributed by atoms with Crippen molar-refractivity contribution in [3.63, 3.8) is 0 Å². The summed E-state index contributed by atoms with van der Waals surface area (Å²) in [7, 11) is 3.59. The van der Waals surface area contributed by atoms with Crippen LogP contribution in [0.25, 0.3) is 0 Å². The molecule has 8 heteroatoms. The van der Waals surface area contributed by atoms with Crippen LogP contribution in [0.3, 0.4) is 0 Å². The molecule has 1 aromatic rings. The van der Waals surface area contributed by atoms with Crippen LogP contribution in [-0.2, 0) is 16.0 Å². The quantitative estimate of drug-likeness (QED) is 0.0323. The second-order valence-corrected chi connectivity index (χ2v) is 15.6. The molecule has 8 nitrogen and oxygen atoms in total. The number of hydrogen-bond acceptors (Lipinski definition) is 8. The van der Waals surface area contributed by atoms with Gasteiger partial charge in [0.15, 0.2) is 0 Å². The van der Waals surface area contributed by atoms with E-state index in [1.807, 2.05) is 50.4 Å². The third-order valence-corrected chi connectivity index (χ3v) is 12.0. The molecule has 296 valence electrons. The minimum atomic E-state index is -1.19. The van der Waals surface area contributed by atoms with Gasteiger partial charge in [-0.1, -0.05) is 77.9 Å². The first kappa shape index (κ1) is 44.7. The van der Waals surface area contributed by atoms with Crippen LogP contribution in [0, 0.1) is 17.3 Å². The summed E-state index contributed by atoms with van der Waals surface area (Å²) in [5, 5.41) is 53.8. The first-order valence-electron chi connectivity index (χ1n) is 19.9. The van der Waals surface area contributed by atoms with Gasteiger partial charge in [0.1, 0.15) is 6.29 Å². The molecular formula is C45H70N2O6. The van der Waals surface area contributed by atoms with Crippen LogP contribution < -0.4 is 10.6 Å². The molecule has 0 bridgehead atoms. The highest BCUT2D eigenvalue weighted by Crippen LogP contribution is 2.64. The van der Waals surface area contributed by atoms with Gasteiger partial charge < -0.3 is 35.8 Å². The maximum absolute atomic E-state index is 12.7. The van der Waals surface area contributed by atoms with Crippen molar-refractivity contribution < 1.29 is 30.0 Å². The van der Waals surface area contributed by atoms with Gasteiger partial charge >= 0.3 is 0 Å². The van der Waals surface area contributed by atoms with Crippen LogP contribution in [0.4, 0.5) is 0 Å². The van der Waals surface area contributed by atoms with Crippen molar-refractivity contribution >= 4 is 6.29 Å². The third-order valence-electron chi connectivity index (χ3n) is 12.0. The third kappa shape index (κ3) is 12.1. The fourth-order valence-electron chi connectivity index (χ4n) is 8.93.